The highest BCUT2D eigenvalue weighted by Crippen LogP contribution is 2.29. The maximum atomic E-state index is 12.5. The van der Waals surface area contributed by atoms with Crippen LogP contribution in [0.15, 0.2) is 24.3 Å². The minimum absolute atomic E-state index is 0.00718. The van der Waals surface area contributed by atoms with Crippen LogP contribution in [0.2, 0.25) is 0 Å². The second-order valence-corrected chi connectivity index (χ2v) is 4.57. The second-order valence-electron chi connectivity index (χ2n) is 4.57. The lowest BCUT2D eigenvalue weighted by Crippen LogP contribution is -2.16. The number of alkyl halides is 3. The van der Waals surface area contributed by atoms with Crippen molar-refractivity contribution in [2.24, 2.45) is 5.73 Å². The van der Waals surface area contributed by atoms with Gasteiger partial charge < -0.3 is 5.73 Å². The first-order valence-corrected chi connectivity index (χ1v) is 6.08. The van der Waals surface area contributed by atoms with E-state index < -0.39 is 11.7 Å². The van der Waals surface area contributed by atoms with E-state index in [2.05, 4.69) is 15.5 Å². The molecule has 0 amide bonds. The van der Waals surface area contributed by atoms with Crippen molar-refractivity contribution < 1.29 is 13.2 Å². The van der Waals surface area contributed by atoms with E-state index in [4.69, 9.17) is 5.73 Å². The molecule has 0 fully saturated rings. The lowest BCUT2D eigenvalue weighted by Gasteiger charge is -2.09. The van der Waals surface area contributed by atoms with Gasteiger partial charge >= 0.3 is 6.18 Å². The van der Waals surface area contributed by atoms with Gasteiger partial charge in [0.1, 0.15) is 0 Å². The van der Waals surface area contributed by atoms with Crippen LogP contribution in [0.4, 0.5) is 13.2 Å². The van der Waals surface area contributed by atoms with Crippen molar-refractivity contribution in [3.8, 4) is 5.69 Å². The predicted octanol–water partition coefficient (Wildman–Crippen LogP) is 1.96. The Morgan fingerprint density at radius 2 is 1.90 bits per heavy atom. The lowest BCUT2D eigenvalue weighted by molar-refractivity contribution is -0.137. The fourth-order valence-corrected chi connectivity index (χ4v) is 1.71. The molecule has 0 bridgehead atoms. The summed E-state index contributed by atoms with van der Waals surface area (Å²) >= 11 is 0. The molecule has 0 spiro atoms. The summed E-state index contributed by atoms with van der Waals surface area (Å²) in [6.45, 7) is 1.87. The number of hydrogen-bond acceptors (Lipinski definition) is 4. The number of tetrazole rings is 1. The van der Waals surface area contributed by atoms with Crippen LogP contribution in [-0.2, 0) is 12.6 Å². The topological polar surface area (TPSA) is 69.6 Å². The summed E-state index contributed by atoms with van der Waals surface area (Å²) < 4.78 is 38.9. The molecule has 2 N–H and O–H groups in total. The molecule has 0 saturated carbocycles. The van der Waals surface area contributed by atoms with E-state index in [1.165, 1.54) is 16.8 Å². The largest absolute Gasteiger partial charge is 0.416 e. The Labute approximate surface area is 113 Å². The summed E-state index contributed by atoms with van der Waals surface area (Å²) in [5.41, 5.74) is 5.45. The quantitative estimate of drug-likeness (QED) is 0.932. The molecule has 0 aliphatic carbocycles. The molecule has 8 heteroatoms. The van der Waals surface area contributed by atoms with Gasteiger partial charge in [0.05, 0.1) is 11.3 Å². The monoisotopic (exact) mass is 285 g/mol. The molecule has 1 unspecified atom stereocenters. The molecular formula is C12H14F3N5. The van der Waals surface area contributed by atoms with Crippen LogP contribution in [0.5, 0.6) is 0 Å². The van der Waals surface area contributed by atoms with E-state index in [-0.39, 0.29) is 6.04 Å². The first-order valence-electron chi connectivity index (χ1n) is 6.08. The number of aryl methyl sites for hydroxylation is 1. The van der Waals surface area contributed by atoms with E-state index >= 15 is 0 Å². The number of rotatable bonds is 4. The summed E-state index contributed by atoms with van der Waals surface area (Å²) in [7, 11) is 0. The van der Waals surface area contributed by atoms with Gasteiger partial charge in [-0.25, -0.2) is 0 Å². The Morgan fingerprint density at radius 3 is 2.45 bits per heavy atom. The van der Waals surface area contributed by atoms with Crippen LogP contribution < -0.4 is 5.73 Å². The molecule has 0 aliphatic heterocycles. The third-order valence-corrected chi connectivity index (χ3v) is 2.80. The van der Waals surface area contributed by atoms with Crippen LogP contribution in [0, 0.1) is 0 Å². The second kappa shape index (κ2) is 5.58. The normalized spacial score (nSPS) is 13.4. The average molecular weight is 285 g/mol. The average Bonchev–Trinajstić information content (AvgIpc) is 2.83. The van der Waals surface area contributed by atoms with Gasteiger partial charge in [-0.2, -0.15) is 17.9 Å². The van der Waals surface area contributed by atoms with Crippen molar-refractivity contribution in [1.29, 1.82) is 0 Å². The fourth-order valence-electron chi connectivity index (χ4n) is 1.71. The first-order chi connectivity index (χ1) is 9.38. The molecule has 0 aliphatic rings. The molecule has 0 radical (unpaired) electrons. The Hall–Kier alpha value is -1.96. The van der Waals surface area contributed by atoms with E-state index in [9.17, 15) is 13.2 Å². The third kappa shape index (κ3) is 3.32. The van der Waals surface area contributed by atoms with Crippen LogP contribution in [0.3, 0.4) is 0 Å². The van der Waals surface area contributed by atoms with Crippen molar-refractivity contribution in [2.75, 3.05) is 0 Å². The van der Waals surface area contributed by atoms with E-state index in [0.717, 1.165) is 12.1 Å². The molecule has 0 saturated heterocycles. The minimum Gasteiger partial charge on any atom is -0.328 e. The van der Waals surface area contributed by atoms with Gasteiger partial charge in [0, 0.05) is 12.5 Å². The van der Waals surface area contributed by atoms with Crippen molar-refractivity contribution >= 4 is 0 Å². The summed E-state index contributed by atoms with van der Waals surface area (Å²) in [5, 5.41) is 11.2. The maximum absolute atomic E-state index is 12.5. The fraction of sp³-hybridized carbons (Fsp3) is 0.417. The number of benzene rings is 1. The van der Waals surface area contributed by atoms with E-state index in [1.54, 1.807) is 0 Å². The van der Waals surface area contributed by atoms with E-state index in [0.29, 0.717) is 24.4 Å². The Kier molecular flexibility index (Phi) is 4.03. The Balaban J connectivity index is 2.22. The molecular weight excluding hydrogens is 271 g/mol. The number of aromatic nitrogens is 4. The number of nitrogens with two attached hydrogens (primary N) is 1. The number of nitrogens with zero attached hydrogens (tertiary/aromatic N) is 4. The van der Waals surface area contributed by atoms with Gasteiger partial charge in [0.15, 0.2) is 5.82 Å². The van der Waals surface area contributed by atoms with Crippen LogP contribution in [0.1, 0.15) is 24.7 Å². The van der Waals surface area contributed by atoms with Crippen LogP contribution in [0.25, 0.3) is 5.69 Å². The third-order valence-electron chi connectivity index (χ3n) is 2.80. The molecule has 2 rings (SSSR count). The van der Waals surface area contributed by atoms with E-state index in [1.807, 2.05) is 6.92 Å². The van der Waals surface area contributed by atoms with Gasteiger partial charge in [0.2, 0.25) is 0 Å². The SMILES string of the molecule is CC(N)CCc1nnnn1-c1ccc(C(F)(F)F)cc1. The molecule has 20 heavy (non-hydrogen) atoms. The molecule has 2 aromatic rings. The molecule has 108 valence electrons. The van der Waals surface area contributed by atoms with Crippen molar-refractivity contribution in [1.82, 2.24) is 20.2 Å². The number of halogens is 3. The van der Waals surface area contributed by atoms with Gasteiger partial charge in [-0.15, -0.1) is 5.10 Å². The standard InChI is InChI=1S/C12H14F3N5/c1-8(16)2-7-11-17-18-19-20(11)10-5-3-9(4-6-10)12(13,14)15/h3-6,8H,2,7,16H2,1H3. The summed E-state index contributed by atoms with van der Waals surface area (Å²) in [6, 6.07) is 4.70. The zero-order chi connectivity index (χ0) is 14.8. The van der Waals surface area contributed by atoms with Gasteiger partial charge in [-0.1, -0.05) is 0 Å². The highest BCUT2D eigenvalue weighted by atomic mass is 19.4. The number of hydrogen-bond donors (Lipinski definition) is 1. The summed E-state index contributed by atoms with van der Waals surface area (Å²) in [4.78, 5) is 0. The molecule has 1 aromatic carbocycles. The summed E-state index contributed by atoms with van der Waals surface area (Å²) in [6.07, 6.45) is -3.09. The highest BCUT2D eigenvalue weighted by molar-refractivity contribution is 5.35. The smallest absolute Gasteiger partial charge is 0.328 e. The summed E-state index contributed by atoms with van der Waals surface area (Å²) in [5.74, 6) is 0.571. The van der Waals surface area contributed by atoms with Crippen molar-refractivity contribution in [3.05, 3.63) is 35.7 Å². The highest BCUT2D eigenvalue weighted by Gasteiger charge is 2.30. The first kappa shape index (κ1) is 14.4. The molecule has 1 heterocycles. The Morgan fingerprint density at radius 1 is 1.25 bits per heavy atom. The van der Waals surface area contributed by atoms with Crippen LogP contribution >= 0.6 is 0 Å². The van der Waals surface area contributed by atoms with Crippen LogP contribution in [-0.4, -0.2) is 26.2 Å². The van der Waals surface area contributed by atoms with Gasteiger partial charge in [0.25, 0.3) is 0 Å². The van der Waals surface area contributed by atoms with Gasteiger partial charge in [-0.05, 0) is 48.0 Å². The molecule has 1 atom stereocenters. The molecule has 5 nitrogen and oxygen atoms in total. The maximum Gasteiger partial charge on any atom is 0.416 e. The molecule has 1 aromatic heterocycles. The van der Waals surface area contributed by atoms with Crippen molar-refractivity contribution in [2.45, 2.75) is 32.0 Å². The predicted molar refractivity (Wildman–Crippen MR) is 66.1 cm³/mol. The zero-order valence-corrected chi connectivity index (χ0v) is 10.8. The van der Waals surface area contributed by atoms with Crippen molar-refractivity contribution in [3.63, 3.8) is 0 Å². The zero-order valence-electron chi connectivity index (χ0n) is 10.8. The lowest BCUT2D eigenvalue weighted by atomic mass is 10.2. The van der Waals surface area contributed by atoms with Gasteiger partial charge in [-0.3, -0.25) is 0 Å². The minimum atomic E-state index is -4.35. The Bertz CT molecular complexity index is 559.